The predicted molar refractivity (Wildman–Crippen MR) is 103 cm³/mol. The van der Waals surface area contributed by atoms with Crippen LogP contribution >= 0.6 is 0 Å². The minimum absolute atomic E-state index is 0.0324. The normalized spacial score (nSPS) is 28.7. The van der Waals surface area contributed by atoms with Gasteiger partial charge in [0, 0.05) is 49.5 Å². The van der Waals surface area contributed by atoms with Gasteiger partial charge in [0.15, 0.2) is 5.78 Å². The summed E-state index contributed by atoms with van der Waals surface area (Å²) in [5.41, 5.74) is 0.579. The minimum atomic E-state index is -0.343. The van der Waals surface area contributed by atoms with Gasteiger partial charge in [-0.2, -0.15) is 0 Å². The minimum Gasteiger partial charge on any atom is -0.508 e. The van der Waals surface area contributed by atoms with Crippen LogP contribution in [0.15, 0.2) is 18.2 Å². The quantitative estimate of drug-likeness (QED) is 0.826. The molecule has 0 aromatic heterocycles. The smallest absolute Gasteiger partial charge is 0.320 e. The van der Waals surface area contributed by atoms with E-state index in [2.05, 4.69) is 0 Å². The molecule has 4 aliphatic rings. The number of ketones is 1. The SMILES string of the molecule is O=C1CO[C@H]2CCN(C(=O)N3CC4(CC(Cc5c(O)cccc5F)C4)C3)C[C@H]2C1. The number of Topliss-reactive ketones (excluding diaryl/α,β-unsaturated/α-hetero) is 1. The molecule has 0 unspecified atom stereocenters. The zero-order valence-electron chi connectivity index (χ0n) is 16.5. The molecule has 3 saturated heterocycles. The molecule has 29 heavy (non-hydrogen) atoms. The first-order valence-electron chi connectivity index (χ1n) is 10.6. The Kier molecular flexibility index (Phi) is 4.53. The van der Waals surface area contributed by atoms with Gasteiger partial charge in [0.25, 0.3) is 0 Å². The molecule has 2 amide bonds. The molecule has 1 aliphatic carbocycles. The fourth-order valence-corrected chi connectivity index (χ4v) is 5.86. The Bertz CT molecular complexity index is 810. The van der Waals surface area contributed by atoms with Gasteiger partial charge in [0.2, 0.25) is 0 Å². The second-order valence-electron chi connectivity index (χ2n) is 9.44. The van der Waals surface area contributed by atoms with Crippen LogP contribution < -0.4 is 0 Å². The summed E-state index contributed by atoms with van der Waals surface area (Å²) in [4.78, 5) is 28.3. The van der Waals surface area contributed by atoms with Gasteiger partial charge in [-0.3, -0.25) is 4.79 Å². The van der Waals surface area contributed by atoms with Crippen molar-refractivity contribution in [3.8, 4) is 5.75 Å². The Morgan fingerprint density at radius 2 is 2.07 bits per heavy atom. The van der Waals surface area contributed by atoms with Crippen molar-refractivity contribution >= 4 is 11.8 Å². The van der Waals surface area contributed by atoms with E-state index in [0.717, 1.165) is 32.4 Å². The maximum absolute atomic E-state index is 13.9. The number of phenols is 1. The van der Waals surface area contributed by atoms with Gasteiger partial charge in [-0.1, -0.05) is 6.07 Å². The van der Waals surface area contributed by atoms with E-state index in [1.807, 2.05) is 9.80 Å². The average molecular weight is 402 g/mol. The highest BCUT2D eigenvalue weighted by molar-refractivity contribution is 5.81. The van der Waals surface area contributed by atoms with E-state index in [1.165, 1.54) is 18.2 Å². The molecule has 1 N–H and O–H groups in total. The number of ether oxygens (including phenoxy) is 1. The van der Waals surface area contributed by atoms with Crippen LogP contribution in [0.1, 0.15) is 31.2 Å². The van der Waals surface area contributed by atoms with E-state index >= 15 is 0 Å². The molecule has 3 heterocycles. The lowest BCUT2D eigenvalue weighted by molar-refractivity contribution is -0.140. The summed E-state index contributed by atoms with van der Waals surface area (Å²) in [7, 11) is 0. The molecule has 6 nitrogen and oxygen atoms in total. The molecule has 4 fully saturated rings. The number of nitrogens with zero attached hydrogens (tertiary/aromatic N) is 2. The number of carbonyl (C=O) groups is 2. The highest BCUT2D eigenvalue weighted by Crippen LogP contribution is 2.53. The molecule has 2 atom stereocenters. The van der Waals surface area contributed by atoms with Gasteiger partial charge >= 0.3 is 6.03 Å². The van der Waals surface area contributed by atoms with E-state index in [-0.39, 0.29) is 47.4 Å². The highest BCUT2D eigenvalue weighted by Gasteiger charge is 2.54. The molecule has 1 aromatic rings. The van der Waals surface area contributed by atoms with Crippen molar-refractivity contribution in [2.24, 2.45) is 17.3 Å². The van der Waals surface area contributed by atoms with Gasteiger partial charge in [-0.05, 0) is 43.7 Å². The maximum Gasteiger partial charge on any atom is 0.320 e. The molecular weight excluding hydrogens is 375 g/mol. The van der Waals surface area contributed by atoms with Crippen LogP contribution in [-0.4, -0.2) is 65.6 Å². The van der Waals surface area contributed by atoms with Crippen LogP contribution in [0, 0.1) is 23.1 Å². The third-order valence-electron chi connectivity index (χ3n) is 7.24. The van der Waals surface area contributed by atoms with Gasteiger partial charge in [0.05, 0.1) is 6.10 Å². The van der Waals surface area contributed by atoms with Gasteiger partial charge in [0.1, 0.15) is 18.2 Å². The number of fused-ring (bicyclic) bond motifs is 1. The van der Waals surface area contributed by atoms with E-state index in [1.54, 1.807) is 0 Å². The largest absolute Gasteiger partial charge is 0.508 e. The lowest BCUT2D eigenvalue weighted by atomic mass is 9.56. The number of halogens is 1. The second kappa shape index (κ2) is 6.97. The summed E-state index contributed by atoms with van der Waals surface area (Å²) in [6.07, 6.45) is 3.92. The summed E-state index contributed by atoms with van der Waals surface area (Å²) in [6, 6.07) is 4.51. The van der Waals surface area contributed by atoms with Crippen molar-refractivity contribution in [2.75, 3.05) is 32.8 Å². The summed E-state index contributed by atoms with van der Waals surface area (Å²) in [6.45, 7) is 3.02. The van der Waals surface area contributed by atoms with E-state index in [0.29, 0.717) is 37.4 Å². The lowest BCUT2D eigenvalue weighted by Crippen LogP contribution is -2.66. The Labute approximate surface area is 169 Å². The standard InChI is InChI=1S/C22H27FN2O4/c23-18-2-1-3-19(27)17(18)6-14-8-22(9-14)12-25(13-22)21(28)24-5-4-20-15(10-24)7-16(26)11-29-20/h1-3,14-15,20,27H,4-13H2/t15-,20+/m1/s1. The summed E-state index contributed by atoms with van der Waals surface area (Å²) in [5, 5.41) is 9.89. The van der Waals surface area contributed by atoms with Crippen LogP contribution in [0.3, 0.4) is 0 Å². The first-order chi connectivity index (χ1) is 13.9. The first kappa shape index (κ1) is 18.9. The first-order valence-corrected chi connectivity index (χ1v) is 10.6. The van der Waals surface area contributed by atoms with Crippen molar-refractivity contribution in [3.05, 3.63) is 29.6 Å². The zero-order valence-corrected chi connectivity index (χ0v) is 16.5. The number of carbonyl (C=O) groups excluding carboxylic acids is 2. The monoisotopic (exact) mass is 402 g/mol. The number of aromatic hydroxyl groups is 1. The fourth-order valence-electron chi connectivity index (χ4n) is 5.86. The van der Waals surface area contributed by atoms with Crippen LogP contribution in [-0.2, 0) is 16.0 Å². The van der Waals surface area contributed by atoms with Crippen molar-refractivity contribution in [1.29, 1.82) is 0 Å². The summed E-state index contributed by atoms with van der Waals surface area (Å²) in [5.74, 6) is 0.307. The summed E-state index contributed by atoms with van der Waals surface area (Å²) < 4.78 is 19.5. The molecule has 1 aromatic carbocycles. The molecule has 5 rings (SSSR count). The Morgan fingerprint density at radius 3 is 2.83 bits per heavy atom. The van der Waals surface area contributed by atoms with Crippen LogP contribution in [0.25, 0.3) is 0 Å². The van der Waals surface area contributed by atoms with E-state index in [9.17, 15) is 19.1 Å². The van der Waals surface area contributed by atoms with Crippen LogP contribution in [0.2, 0.25) is 0 Å². The van der Waals surface area contributed by atoms with Crippen LogP contribution in [0.5, 0.6) is 5.75 Å². The molecule has 7 heteroatoms. The molecule has 0 bridgehead atoms. The number of phenolic OH excluding ortho intramolecular Hbond substituents is 1. The van der Waals surface area contributed by atoms with Crippen molar-refractivity contribution < 1.29 is 23.8 Å². The maximum atomic E-state index is 13.9. The Morgan fingerprint density at radius 1 is 1.28 bits per heavy atom. The number of benzene rings is 1. The Balaban J connectivity index is 1.11. The third kappa shape index (κ3) is 3.39. The number of piperidine rings is 1. The topological polar surface area (TPSA) is 70.1 Å². The third-order valence-corrected chi connectivity index (χ3v) is 7.24. The van der Waals surface area contributed by atoms with Crippen molar-refractivity contribution in [2.45, 2.75) is 38.2 Å². The van der Waals surface area contributed by atoms with Crippen molar-refractivity contribution in [3.63, 3.8) is 0 Å². The number of hydrogen-bond donors (Lipinski definition) is 1. The molecule has 0 radical (unpaired) electrons. The van der Waals surface area contributed by atoms with Gasteiger partial charge < -0.3 is 19.6 Å². The fraction of sp³-hybridized carbons (Fsp3) is 0.636. The molecule has 3 aliphatic heterocycles. The van der Waals surface area contributed by atoms with E-state index < -0.39 is 0 Å². The molecule has 156 valence electrons. The molecule has 1 saturated carbocycles. The summed E-state index contributed by atoms with van der Waals surface area (Å²) >= 11 is 0. The molecular formula is C22H27FN2O4. The van der Waals surface area contributed by atoms with Crippen LogP contribution in [0.4, 0.5) is 9.18 Å². The number of rotatable bonds is 2. The van der Waals surface area contributed by atoms with Crippen molar-refractivity contribution in [1.82, 2.24) is 9.80 Å². The number of likely N-dealkylation sites (tertiary alicyclic amines) is 2. The Hall–Kier alpha value is -2.15. The average Bonchev–Trinajstić information content (AvgIpc) is 2.63. The number of hydrogen-bond acceptors (Lipinski definition) is 4. The highest BCUT2D eigenvalue weighted by atomic mass is 19.1. The second-order valence-corrected chi connectivity index (χ2v) is 9.44. The van der Waals surface area contributed by atoms with Gasteiger partial charge in [-0.25, -0.2) is 9.18 Å². The number of amides is 2. The zero-order chi connectivity index (χ0) is 20.2. The lowest BCUT2D eigenvalue weighted by Gasteiger charge is -2.60. The van der Waals surface area contributed by atoms with E-state index in [4.69, 9.17) is 4.74 Å². The number of urea groups is 1. The van der Waals surface area contributed by atoms with Gasteiger partial charge in [-0.15, -0.1) is 0 Å². The molecule has 1 spiro atoms. The predicted octanol–water partition coefficient (Wildman–Crippen LogP) is 2.59.